The van der Waals surface area contributed by atoms with Gasteiger partial charge in [0.05, 0.1) is 17.7 Å². The molecule has 1 aromatic carbocycles. The van der Waals surface area contributed by atoms with E-state index in [1.54, 1.807) is 19.2 Å². The molecular formula is C12H15BrN2O. The minimum Gasteiger partial charge on any atom is -0.380 e. The van der Waals surface area contributed by atoms with Crippen LogP contribution in [0.2, 0.25) is 0 Å². The average molecular weight is 283 g/mol. The zero-order valence-corrected chi connectivity index (χ0v) is 11.2. The summed E-state index contributed by atoms with van der Waals surface area (Å²) in [5, 5.41) is 12.1. The molecule has 0 aliphatic rings. The number of hydrogen-bond acceptors (Lipinski definition) is 3. The fourth-order valence-electron chi connectivity index (χ4n) is 1.27. The smallest absolute Gasteiger partial charge is 0.0992 e. The van der Waals surface area contributed by atoms with Crippen molar-refractivity contribution in [1.82, 2.24) is 0 Å². The topological polar surface area (TPSA) is 45.0 Å². The fourth-order valence-corrected chi connectivity index (χ4v) is 1.76. The molecule has 0 heterocycles. The van der Waals surface area contributed by atoms with Crippen LogP contribution in [0.3, 0.4) is 0 Å². The quantitative estimate of drug-likeness (QED) is 0.923. The lowest BCUT2D eigenvalue weighted by Gasteiger charge is -2.21. The van der Waals surface area contributed by atoms with Gasteiger partial charge in [-0.25, -0.2) is 0 Å². The van der Waals surface area contributed by atoms with E-state index in [4.69, 9.17) is 10.00 Å². The lowest BCUT2D eigenvalue weighted by molar-refractivity contribution is 0.106. The van der Waals surface area contributed by atoms with Crippen molar-refractivity contribution in [1.29, 1.82) is 5.26 Å². The van der Waals surface area contributed by atoms with Gasteiger partial charge in [0.15, 0.2) is 0 Å². The first kappa shape index (κ1) is 13.0. The minimum atomic E-state index is 0.127. The lowest BCUT2D eigenvalue weighted by atomic mass is 10.1. The van der Waals surface area contributed by atoms with Gasteiger partial charge in [-0.05, 0) is 48.0 Å². The molecule has 0 aliphatic carbocycles. The number of hydrogen-bond donors (Lipinski definition) is 1. The summed E-state index contributed by atoms with van der Waals surface area (Å²) >= 11 is 3.43. The van der Waals surface area contributed by atoms with Gasteiger partial charge in [0.1, 0.15) is 0 Å². The number of benzene rings is 1. The highest BCUT2D eigenvalue weighted by Crippen LogP contribution is 2.24. The predicted octanol–water partition coefficient (Wildman–Crippen LogP) is 3.16. The van der Waals surface area contributed by atoms with E-state index in [2.05, 4.69) is 34.2 Å². The van der Waals surface area contributed by atoms with Gasteiger partial charge in [-0.15, -0.1) is 0 Å². The fraction of sp³-hybridized carbons (Fsp3) is 0.417. The standard InChI is InChI=1S/C12H15BrN2O/c1-8(9(2)16-3)15-12-5-4-10(7-14)6-11(12)13/h4-6,8-9,15H,1-3H3. The maximum Gasteiger partial charge on any atom is 0.0992 e. The third kappa shape index (κ3) is 3.22. The molecule has 0 bridgehead atoms. The molecule has 1 aromatic rings. The van der Waals surface area contributed by atoms with Crippen molar-refractivity contribution in [3.05, 3.63) is 28.2 Å². The van der Waals surface area contributed by atoms with Crippen molar-refractivity contribution in [2.45, 2.75) is 26.0 Å². The van der Waals surface area contributed by atoms with E-state index in [1.807, 2.05) is 13.0 Å². The molecule has 16 heavy (non-hydrogen) atoms. The molecule has 1 N–H and O–H groups in total. The van der Waals surface area contributed by atoms with Gasteiger partial charge in [0.2, 0.25) is 0 Å². The lowest BCUT2D eigenvalue weighted by Crippen LogP contribution is -2.29. The number of anilines is 1. The van der Waals surface area contributed by atoms with Crippen molar-refractivity contribution in [3.63, 3.8) is 0 Å². The largest absolute Gasteiger partial charge is 0.380 e. The number of nitrogens with one attached hydrogen (secondary N) is 1. The summed E-state index contributed by atoms with van der Waals surface area (Å²) in [6.07, 6.45) is 0.127. The first-order valence-corrected chi connectivity index (χ1v) is 5.86. The summed E-state index contributed by atoms with van der Waals surface area (Å²) in [7, 11) is 1.69. The molecular weight excluding hydrogens is 268 g/mol. The zero-order valence-electron chi connectivity index (χ0n) is 9.62. The average Bonchev–Trinajstić information content (AvgIpc) is 2.30. The third-order valence-corrected chi connectivity index (χ3v) is 3.21. The highest BCUT2D eigenvalue weighted by atomic mass is 79.9. The molecule has 0 saturated heterocycles. The highest BCUT2D eigenvalue weighted by molar-refractivity contribution is 9.10. The molecule has 0 fully saturated rings. The molecule has 86 valence electrons. The van der Waals surface area contributed by atoms with Crippen LogP contribution in [0.4, 0.5) is 5.69 Å². The predicted molar refractivity (Wildman–Crippen MR) is 68.4 cm³/mol. The van der Waals surface area contributed by atoms with Crippen molar-refractivity contribution >= 4 is 21.6 Å². The summed E-state index contributed by atoms with van der Waals surface area (Å²) in [5.74, 6) is 0. The Kier molecular flexibility index (Phi) is 4.78. The molecule has 2 unspecified atom stereocenters. The molecule has 2 atom stereocenters. The van der Waals surface area contributed by atoms with Crippen molar-refractivity contribution in [2.75, 3.05) is 12.4 Å². The second kappa shape index (κ2) is 5.88. The Labute approximate surface area is 105 Å². The van der Waals surface area contributed by atoms with Gasteiger partial charge in [0, 0.05) is 23.3 Å². The SMILES string of the molecule is COC(C)C(C)Nc1ccc(C#N)cc1Br. The highest BCUT2D eigenvalue weighted by Gasteiger charge is 2.12. The van der Waals surface area contributed by atoms with Gasteiger partial charge >= 0.3 is 0 Å². The number of rotatable bonds is 4. The Morgan fingerprint density at radius 2 is 2.12 bits per heavy atom. The van der Waals surface area contributed by atoms with Crippen LogP contribution < -0.4 is 5.32 Å². The van der Waals surface area contributed by atoms with Crippen molar-refractivity contribution in [2.24, 2.45) is 0 Å². The first-order chi connectivity index (χ1) is 7.58. The van der Waals surface area contributed by atoms with E-state index in [9.17, 15) is 0 Å². The molecule has 0 radical (unpaired) electrons. The molecule has 1 rings (SSSR count). The van der Waals surface area contributed by atoms with Crippen molar-refractivity contribution < 1.29 is 4.74 Å². The van der Waals surface area contributed by atoms with Crippen LogP contribution >= 0.6 is 15.9 Å². The number of nitriles is 1. The van der Waals surface area contributed by atoms with E-state index >= 15 is 0 Å². The van der Waals surface area contributed by atoms with Gasteiger partial charge in [0.25, 0.3) is 0 Å². The minimum absolute atomic E-state index is 0.127. The van der Waals surface area contributed by atoms with Gasteiger partial charge in [-0.3, -0.25) is 0 Å². The Bertz CT molecular complexity index is 400. The van der Waals surface area contributed by atoms with Crippen LogP contribution in [0, 0.1) is 11.3 Å². The van der Waals surface area contributed by atoms with Crippen LogP contribution in [0.15, 0.2) is 22.7 Å². The summed E-state index contributed by atoms with van der Waals surface area (Å²) in [4.78, 5) is 0. The number of ether oxygens (including phenoxy) is 1. The van der Waals surface area contributed by atoms with E-state index < -0.39 is 0 Å². The molecule has 0 spiro atoms. The normalized spacial score (nSPS) is 13.9. The van der Waals surface area contributed by atoms with E-state index in [1.165, 1.54) is 0 Å². The summed E-state index contributed by atoms with van der Waals surface area (Å²) in [5.41, 5.74) is 1.61. The molecule has 0 amide bonds. The molecule has 0 aliphatic heterocycles. The van der Waals surface area contributed by atoms with E-state index in [0.717, 1.165) is 10.2 Å². The summed E-state index contributed by atoms with van der Waals surface area (Å²) in [6, 6.07) is 7.78. The van der Waals surface area contributed by atoms with Crippen LogP contribution in [-0.2, 0) is 4.74 Å². The van der Waals surface area contributed by atoms with Crippen molar-refractivity contribution in [3.8, 4) is 6.07 Å². The van der Waals surface area contributed by atoms with Gasteiger partial charge in [-0.2, -0.15) is 5.26 Å². The first-order valence-electron chi connectivity index (χ1n) is 5.07. The van der Waals surface area contributed by atoms with E-state index in [0.29, 0.717) is 5.56 Å². The number of halogens is 1. The molecule has 4 heteroatoms. The number of nitrogens with zero attached hydrogens (tertiary/aromatic N) is 1. The van der Waals surface area contributed by atoms with Crippen LogP contribution in [0.1, 0.15) is 19.4 Å². The molecule has 0 saturated carbocycles. The van der Waals surface area contributed by atoms with Gasteiger partial charge < -0.3 is 10.1 Å². The maximum absolute atomic E-state index is 8.75. The molecule has 3 nitrogen and oxygen atoms in total. The third-order valence-electron chi connectivity index (χ3n) is 2.56. The summed E-state index contributed by atoms with van der Waals surface area (Å²) < 4.78 is 6.13. The van der Waals surface area contributed by atoms with Crippen LogP contribution in [0.5, 0.6) is 0 Å². The zero-order chi connectivity index (χ0) is 12.1. The van der Waals surface area contributed by atoms with Crippen LogP contribution in [0.25, 0.3) is 0 Å². The second-order valence-electron chi connectivity index (χ2n) is 3.68. The Morgan fingerprint density at radius 1 is 1.44 bits per heavy atom. The van der Waals surface area contributed by atoms with Crippen LogP contribution in [-0.4, -0.2) is 19.3 Å². The second-order valence-corrected chi connectivity index (χ2v) is 4.53. The van der Waals surface area contributed by atoms with E-state index in [-0.39, 0.29) is 12.1 Å². The van der Waals surface area contributed by atoms with Gasteiger partial charge in [-0.1, -0.05) is 0 Å². The monoisotopic (exact) mass is 282 g/mol. The summed E-state index contributed by atoms with van der Waals surface area (Å²) in [6.45, 7) is 4.06. The molecule has 0 aromatic heterocycles. The Balaban J connectivity index is 2.79. The number of methoxy groups -OCH3 is 1. The Morgan fingerprint density at radius 3 is 2.62 bits per heavy atom. The Hall–Kier alpha value is -1.05. The maximum atomic E-state index is 8.75.